The van der Waals surface area contributed by atoms with Crippen molar-refractivity contribution < 1.29 is 30.0 Å². The Bertz CT molecular complexity index is 776. The highest BCUT2D eigenvalue weighted by Gasteiger charge is 2.46. The topological polar surface area (TPSA) is 83.6 Å². The van der Waals surface area contributed by atoms with E-state index in [1.807, 2.05) is 0 Å². The van der Waals surface area contributed by atoms with E-state index in [9.17, 15) is 30.0 Å². The first-order valence-corrected chi connectivity index (χ1v) is 9.77. The van der Waals surface area contributed by atoms with Crippen LogP contribution < -0.4 is 4.72 Å². The van der Waals surface area contributed by atoms with Crippen molar-refractivity contribution in [1.82, 2.24) is 4.31 Å². The third-order valence-electron chi connectivity index (χ3n) is 3.37. The molecule has 1 saturated heterocycles. The second-order valence-electron chi connectivity index (χ2n) is 5.07. The summed E-state index contributed by atoms with van der Waals surface area (Å²) >= 11 is 0. The maximum atomic E-state index is 12.5. The predicted octanol–water partition coefficient (Wildman–Crippen LogP) is 1.87. The SMILES string of the molecule is O=S1(=O)CCCCN1Cc1ccccc1NS(=O)(=O)C(F)(F)F. The smallest absolute Gasteiger partial charge is 0.276 e. The van der Waals surface area contributed by atoms with Gasteiger partial charge in [-0.25, -0.2) is 8.42 Å². The summed E-state index contributed by atoms with van der Waals surface area (Å²) in [4.78, 5) is 0. The van der Waals surface area contributed by atoms with Gasteiger partial charge in [-0.1, -0.05) is 18.2 Å². The molecule has 0 aromatic heterocycles. The zero-order valence-electron chi connectivity index (χ0n) is 11.9. The van der Waals surface area contributed by atoms with Crippen molar-refractivity contribution in [2.24, 2.45) is 0 Å². The van der Waals surface area contributed by atoms with Gasteiger partial charge in [-0.15, -0.1) is 0 Å². The molecule has 0 aliphatic carbocycles. The molecule has 1 aliphatic rings. The molecule has 0 radical (unpaired) electrons. The Hall–Kier alpha value is -1.33. The van der Waals surface area contributed by atoms with E-state index >= 15 is 0 Å². The Balaban J connectivity index is 2.28. The minimum atomic E-state index is -5.56. The van der Waals surface area contributed by atoms with Crippen molar-refractivity contribution in [3.8, 4) is 0 Å². The number of nitrogens with zero attached hydrogens (tertiary/aromatic N) is 1. The summed E-state index contributed by atoms with van der Waals surface area (Å²) in [5, 5.41) is 0. The Morgan fingerprint density at radius 3 is 2.43 bits per heavy atom. The van der Waals surface area contributed by atoms with E-state index < -0.39 is 25.6 Å². The first kappa shape index (κ1) is 18.0. The van der Waals surface area contributed by atoms with Gasteiger partial charge in [-0.05, 0) is 24.5 Å². The van der Waals surface area contributed by atoms with E-state index in [-0.39, 0.29) is 30.1 Å². The van der Waals surface area contributed by atoms with Gasteiger partial charge >= 0.3 is 15.5 Å². The Kier molecular flexibility index (Phi) is 4.92. The van der Waals surface area contributed by atoms with Crippen molar-refractivity contribution in [1.29, 1.82) is 0 Å². The minimum absolute atomic E-state index is 0.0244. The molecule has 0 atom stereocenters. The molecule has 23 heavy (non-hydrogen) atoms. The van der Waals surface area contributed by atoms with Gasteiger partial charge < -0.3 is 0 Å². The lowest BCUT2D eigenvalue weighted by Crippen LogP contribution is -2.37. The van der Waals surface area contributed by atoms with Crippen LogP contribution in [0.5, 0.6) is 0 Å². The second-order valence-corrected chi connectivity index (χ2v) is 8.83. The largest absolute Gasteiger partial charge is 0.516 e. The first-order valence-electron chi connectivity index (χ1n) is 6.68. The molecule has 11 heteroatoms. The van der Waals surface area contributed by atoms with Gasteiger partial charge in [0.25, 0.3) is 0 Å². The van der Waals surface area contributed by atoms with Gasteiger partial charge in [-0.2, -0.15) is 25.9 Å². The molecule has 0 spiro atoms. The van der Waals surface area contributed by atoms with E-state index in [2.05, 4.69) is 0 Å². The number of rotatable bonds is 4. The number of halogens is 3. The number of nitrogens with one attached hydrogen (secondary N) is 1. The molecule has 2 rings (SSSR count). The molecule has 1 fully saturated rings. The van der Waals surface area contributed by atoms with Crippen LogP contribution >= 0.6 is 0 Å². The number of alkyl halides is 3. The summed E-state index contributed by atoms with van der Waals surface area (Å²) in [6.45, 7) is 0.0710. The summed E-state index contributed by atoms with van der Waals surface area (Å²) < 4.78 is 86.4. The fourth-order valence-electron chi connectivity index (χ4n) is 2.17. The molecule has 1 aromatic carbocycles. The molecule has 0 amide bonds. The molecule has 0 bridgehead atoms. The molecule has 0 saturated carbocycles. The molecule has 1 aliphatic heterocycles. The number of hydrogen-bond acceptors (Lipinski definition) is 4. The van der Waals surface area contributed by atoms with Gasteiger partial charge in [-0.3, -0.25) is 4.72 Å². The first-order chi connectivity index (χ1) is 10.5. The molecule has 130 valence electrons. The van der Waals surface area contributed by atoms with Crippen LogP contribution in [-0.2, 0) is 26.6 Å². The highest BCUT2D eigenvalue weighted by atomic mass is 32.2. The van der Waals surface area contributed by atoms with Crippen molar-refractivity contribution in [3.63, 3.8) is 0 Å². The fourth-order valence-corrected chi connectivity index (χ4v) is 4.34. The predicted molar refractivity (Wildman–Crippen MR) is 78.5 cm³/mol. The number of benzene rings is 1. The number of anilines is 1. The molecule has 1 N–H and O–H groups in total. The van der Waals surface area contributed by atoms with Gasteiger partial charge in [0.2, 0.25) is 10.0 Å². The van der Waals surface area contributed by atoms with Gasteiger partial charge in [0.1, 0.15) is 0 Å². The van der Waals surface area contributed by atoms with Gasteiger partial charge in [0.05, 0.1) is 11.4 Å². The zero-order chi connectivity index (χ0) is 17.3. The van der Waals surface area contributed by atoms with Crippen LogP contribution in [0.15, 0.2) is 24.3 Å². The Morgan fingerprint density at radius 2 is 1.83 bits per heavy atom. The summed E-state index contributed by atoms with van der Waals surface area (Å²) in [6.07, 6.45) is 1.18. The van der Waals surface area contributed by atoms with Crippen LogP contribution in [-0.4, -0.2) is 38.9 Å². The van der Waals surface area contributed by atoms with Crippen LogP contribution in [0.3, 0.4) is 0 Å². The summed E-state index contributed by atoms with van der Waals surface area (Å²) in [6, 6.07) is 5.41. The molecule has 6 nitrogen and oxygen atoms in total. The van der Waals surface area contributed by atoms with Crippen LogP contribution in [0.2, 0.25) is 0 Å². The lowest BCUT2D eigenvalue weighted by Gasteiger charge is -2.27. The summed E-state index contributed by atoms with van der Waals surface area (Å²) in [5.41, 5.74) is -5.58. The maximum absolute atomic E-state index is 12.5. The third-order valence-corrected chi connectivity index (χ3v) is 6.37. The fraction of sp³-hybridized carbons (Fsp3) is 0.500. The third kappa shape index (κ3) is 4.15. The van der Waals surface area contributed by atoms with Crippen molar-refractivity contribution in [2.45, 2.75) is 24.9 Å². The molecule has 1 aromatic rings. The van der Waals surface area contributed by atoms with E-state index in [0.717, 1.165) is 10.4 Å². The van der Waals surface area contributed by atoms with Crippen molar-refractivity contribution in [2.75, 3.05) is 17.0 Å². The van der Waals surface area contributed by atoms with Gasteiger partial charge in [0.15, 0.2) is 0 Å². The normalized spacial score (nSPS) is 19.4. The van der Waals surface area contributed by atoms with Crippen LogP contribution in [0.25, 0.3) is 0 Å². The van der Waals surface area contributed by atoms with E-state index in [0.29, 0.717) is 12.8 Å². The lowest BCUT2D eigenvalue weighted by molar-refractivity contribution is -0.0429. The van der Waals surface area contributed by atoms with E-state index in [4.69, 9.17) is 0 Å². The van der Waals surface area contributed by atoms with Crippen LogP contribution in [0.1, 0.15) is 18.4 Å². The molecular formula is C12H15F3N2O4S2. The summed E-state index contributed by atoms with van der Waals surface area (Å²) in [5.74, 6) is -0.0244. The van der Waals surface area contributed by atoms with Crippen LogP contribution in [0, 0.1) is 0 Å². The molecular weight excluding hydrogens is 357 g/mol. The monoisotopic (exact) mass is 372 g/mol. The zero-order valence-corrected chi connectivity index (χ0v) is 13.5. The van der Waals surface area contributed by atoms with Crippen molar-refractivity contribution >= 4 is 25.7 Å². The standard InChI is InChI=1S/C12H15F3N2O4S2/c13-12(14,15)23(20,21)16-11-6-2-1-5-10(11)9-17-7-3-4-8-22(17,18)19/h1-2,5-6,16H,3-4,7-9H2. The quantitative estimate of drug-likeness (QED) is 0.875. The van der Waals surface area contributed by atoms with Crippen molar-refractivity contribution in [3.05, 3.63) is 29.8 Å². The van der Waals surface area contributed by atoms with Gasteiger partial charge in [0, 0.05) is 13.1 Å². The van der Waals surface area contributed by atoms with E-state index in [1.165, 1.54) is 22.9 Å². The maximum Gasteiger partial charge on any atom is 0.516 e. The summed E-state index contributed by atoms with van der Waals surface area (Å²) in [7, 11) is -9.04. The number of hydrogen-bond donors (Lipinski definition) is 1. The van der Waals surface area contributed by atoms with E-state index in [1.54, 1.807) is 0 Å². The second kappa shape index (κ2) is 6.29. The highest BCUT2D eigenvalue weighted by Crippen LogP contribution is 2.28. The lowest BCUT2D eigenvalue weighted by atomic mass is 10.2. The average molecular weight is 372 g/mol. The average Bonchev–Trinajstić information content (AvgIpc) is 2.41. The Labute approximate surface area is 132 Å². The number of para-hydroxylation sites is 1. The molecule has 0 unspecified atom stereocenters. The number of sulfonamides is 2. The van der Waals surface area contributed by atoms with Crippen LogP contribution in [0.4, 0.5) is 18.9 Å². The highest BCUT2D eigenvalue weighted by molar-refractivity contribution is 7.93. The molecule has 1 heterocycles. The Morgan fingerprint density at radius 1 is 1.17 bits per heavy atom. The minimum Gasteiger partial charge on any atom is -0.276 e.